The number of phenolic OH excluding ortho intramolecular Hbond substituents is 2. The van der Waals surface area contributed by atoms with Crippen molar-refractivity contribution >= 4 is 0 Å². The lowest BCUT2D eigenvalue weighted by Crippen LogP contribution is -2.12. The van der Waals surface area contributed by atoms with E-state index in [4.69, 9.17) is 18.9 Å². The fourth-order valence-electron chi connectivity index (χ4n) is 1.29. The molecular weight excluding hydrogens is 252 g/mol. The first kappa shape index (κ1) is 15.6. The number of rotatable bonds is 10. The van der Waals surface area contributed by atoms with E-state index in [0.717, 1.165) is 0 Å². The van der Waals surface area contributed by atoms with E-state index < -0.39 is 0 Å². The molecule has 19 heavy (non-hydrogen) atoms. The summed E-state index contributed by atoms with van der Waals surface area (Å²) in [5, 5.41) is 18.7. The lowest BCUT2D eigenvalue weighted by Gasteiger charge is -2.09. The minimum Gasteiger partial charge on any atom is -0.508 e. The number of benzene rings is 1. The van der Waals surface area contributed by atoms with Crippen LogP contribution in [0.2, 0.25) is 0 Å². The summed E-state index contributed by atoms with van der Waals surface area (Å²) in [6.07, 6.45) is 0. The van der Waals surface area contributed by atoms with Crippen LogP contribution in [0.25, 0.3) is 0 Å². The van der Waals surface area contributed by atoms with Crippen molar-refractivity contribution in [2.45, 2.75) is 0 Å². The van der Waals surface area contributed by atoms with Crippen LogP contribution in [0.5, 0.6) is 17.2 Å². The number of hydrogen-bond acceptors (Lipinski definition) is 6. The topological polar surface area (TPSA) is 77.4 Å². The minimum atomic E-state index is -0.0132. The Kier molecular flexibility index (Phi) is 7.72. The predicted molar refractivity (Wildman–Crippen MR) is 68.8 cm³/mol. The molecule has 0 aliphatic rings. The van der Waals surface area contributed by atoms with E-state index in [1.807, 2.05) is 0 Å². The maximum absolute atomic E-state index is 9.45. The highest BCUT2D eigenvalue weighted by Gasteiger charge is 2.03. The lowest BCUT2D eigenvalue weighted by atomic mass is 10.3. The van der Waals surface area contributed by atoms with Crippen molar-refractivity contribution < 1.29 is 29.2 Å². The predicted octanol–water partition coefficient (Wildman–Crippen LogP) is 1.16. The molecule has 0 saturated carbocycles. The van der Waals surface area contributed by atoms with Crippen molar-refractivity contribution in [2.75, 3.05) is 46.8 Å². The quantitative estimate of drug-likeness (QED) is 0.491. The molecule has 0 aliphatic carbocycles. The van der Waals surface area contributed by atoms with E-state index in [9.17, 15) is 10.2 Å². The second-order valence-corrected chi connectivity index (χ2v) is 3.72. The molecule has 1 aromatic carbocycles. The smallest absolute Gasteiger partial charge is 0.164 e. The molecule has 0 aromatic heterocycles. The number of ether oxygens (including phenoxy) is 4. The normalized spacial score (nSPS) is 10.6. The first-order valence-corrected chi connectivity index (χ1v) is 6.03. The Hall–Kier alpha value is -1.50. The van der Waals surface area contributed by atoms with Crippen molar-refractivity contribution in [2.24, 2.45) is 0 Å². The average Bonchev–Trinajstić information content (AvgIpc) is 2.40. The van der Waals surface area contributed by atoms with Crippen LogP contribution in [0.1, 0.15) is 0 Å². The second kappa shape index (κ2) is 9.43. The van der Waals surface area contributed by atoms with Crippen LogP contribution < -0.4 is 4.74 Å². The van der Waals surface area contributed by atoms with Gasteiger partial charge in [-0.05, 0) is 12.1 Å². The van der Waals surface area contributed by atoms with Gasteiger partial charge in [-0.3, -0.25) is 0 Å². The SMILES string of the molecule is COCCOCCOCCOc1cc(O)ccc1O. The van der Waals surface area contributed by atoms with Gasteiger partial charge in [0.25, 0.3) is 0 Å². The summed E-state index contributed by atoms with van der Waals surface area (Å²) < 4.78 is 20.6. The van der Waals surface area contributed by atoms with Gasteiger partial charge in [-0.2, -0.15) is 0 Å². The molecule has 1 aromatic rings. The molecule has 0 amide bonds. The molecule has 1 rings (SSSR count). The van der Waals surface area contributed by atoms with Gasteiger partial charge in [-0.15, -0.1) is 0 Å². The molecule has 2 N–H and O–H groups in total. The van der Waals surface area contributed by atoms with E-state index in [2.05, 4.69) is 0 Å². The van der Waals surface area contributed by atoms with Crippen molar-refractivity contribution in [3.63, 3.8) is 0 Å². The van der Waals surface area contributed by atoms with Crippen LogP contribution in [-0.2, 0) is 14.2 Å². The first-order chi connectivity index (χ1) is 9.24. The fraction of sp³-hybridized carbons (Fsp3) is 0.538. The Bertz CT molecular complexity index is 355. The van der Waals surface area contributed by atoms with Crippen molar-refractivity contribution in [3.8, 4) is 17.2 Å². The molecule has 0 bridgehead atoms. The summed E-state index contributed by atoms with van der Waals surface area (Å²) >= 11 is 0. The lowest BCUT2D eigenvalue weighted by molar-refractivity contribution is 0.0178. The van der Waals surface area contributed by atoms with Crippen LogP contribution in [0, 0.1) is 0 Å². The van der Waals surface area contributed by atoms with Gasteiger partial charge in [0, 0.05) is 13.2 Å². The van der Waals surface area contributed by atoms with E-state index in [0.29, 0.717) is 33.0 Å². The van der Waals surface area contributed by atoms with E-state index in [-0.39, 0.29) is 23.9 Å². The maximum atomic E-state index is 9.45. The number of phenols is 2. The molecule has 108 valence electrons. The molecular formula is C13H20O6. The molecule has 0 atom stereocenters. The number of aromatic hydroxyl groups is 2. The minimum absolute atomic E-state index is 0.0132. The molecule has 0 saturated heterocycles. The maximum Gasteiger partial charge on any atom is 0.164 e. The number of hydrogen-bond donors (Lipinski definition) is 2. The van der Waals surface area contributed by atoms with Gasteiger partial charge in [0.15, 0.2) is 11.5 Å². The summed E-state index contributed by atoms with van der Waals surface area (Å²) in [6.45, 7) is 2.76. The third-order valence-corrected chi connectivity index (χ3v) is 2.23. The van der Waals surface area contributed by atoms with Crippen LogP contribution in [0.4, 0.5) is 0 Å². The summed E-state index contributed by atoms with van der Waals surface area (Å²) in [5.41, 5.74) is 0. The third-order valence-electron chi connectivity index (χ3n) is 2.23. The fourth-order valence-corrected chi connectivity index (χ4v) is 1.29. The average molecular weight is 272 g/mol. The van der Waals surface area contributed by atoms with E-state index in [1.54, 1.807) is 7.11 Å². The Morgan fingerprint density at radius 3 is 2.21 bits per heavy atom. The van der Waals surface area contributed by atoms with Gasteiger partial charge in [0.05, 0.1) is 33.0 Å². The molecule has 0 heterocycles. The highest BCUT2D eigenvalue weighted by molar-refractivity contribution is 5.43. The Morgan fingerprint density at radius 1 is 0.895 bits per heavy atom. The molecule has 0 radical (unpaired) electrons. The monoisotopic (exact) mass is 272 g/mol. The second-order valence-electron chi connectivity index (χ2n) is 3.72. The van der Waals surface area contributed by atoms with E-state index in [1.165, 1.54) is 18.2 Å². The van der Waals surface area contributed by atoms with Crippen molar-refractivity contribution in [3.05, 3.63) is 18.2 Å². The zero-order valence-electron chi connectivity index (χ0n) is 11.0. The zero-order chi connectivity index (χ0) is 13.9. The first-order valence-electron chi connectivity index (χ1n) is 6.03. The Balaban J connectivity index is 2.03. The Morgan fingerprint density at radius 2 is 1.53 bits per heavy atom. The summed E-state index contributed by atoms with van der Waals surface area (Å²) in [4.78, 5) is 0. The summed E-state index contributed by atoms with van der Waals surface area (Å²) in [6, 6.07) is 4.11. The van der Waals surface area contributed by atoms with Crippen molar-refractivity contribution in [1.29, 1.82) is 0 Å². The molecule has 0 aliphatic heterocycles. The largest absolute Gasteiger partial charge is 0.508 e. The van der Waals surface area contributed by atoms with Gasteiger partial charge in [-0.1, -0.05) is 0 Å². The Labute approximate surface area is 112 Å². The van der Waals surface area contributed by atoms with Crippen LogP contribution in [0.15, 0.2) is 18.2 Å². The molecule has 6 heteroatoms. The summed E-state index contributed by atoms with van der Waals surface area (Å²) in [7, 11) is 1.62. The van der Waals surface area contributed by atoms with Gasteiger partial charge in [0.2, 0.25) is 0 Å². The van der Waals surface area contributed by atoms with Gasteiger partial charge >= 0.3 is 0 Å². The van der Waals surface area contributed by atoms with Crippen molar-refractivity contribution in [1.82, 2.24) is 0 Å². The molecule has 6 nitrogen and oxygen atoms in total. The van der Waals surface area contributed by atoms with Crippen LogP contribution in [-0.4, -0.2) is 57.0 Å². The van der Waals surface area contributed by atoms with E-state index >= 15 is 0 Å². The zero-order valence-corrected chi connectivity index (χ0v) is 11.0. The molecule has 0 spiro atoms. The summed E-state index contributed by atoms with van der Waals surface area (Å²) in [5.74, 6) is 0.265. The van der Waals surface area contributed by atoms with Crippen LogP contribution in [0.3, 0.4) is 0 Å². The van der Waals surface area contributed by atoms with Gasteiger partial charge < -0.3 is 29.2 Å². The van der Waals surface area contributed by atoms with Gasteiger partial charge in [-0.25, -0.2) is 0 Å². The molecule has 0 unspecified atom stereocenters. The highest BCUT2D eigenvalue weighted by Crippen LogP contribution is 2.29. The van der Waals surface area contributed by atoms with Crippen LogP contribution >= 0.6 is 0 Å². The number of methoxy groups -OCH3 is 1. The third kappa shape index (κ3) is 6.85. The molecule has 0 fully saturated rings. The standard InChI is InChI=1S/C13H20O6/c1-16-4-5-17-6-7-18-8-9-19-13-10-11(14)2-3-12(13)15/h2-3,10,14-15H,4-9H2,1H3. The highest BCUT2D eigenvalue weighted by atomic mass is 16.6. The van der Waals surface area contributed by atoms with Gasteiger partial charge in [0.1, 0.15) is 12.4 Å².